The first-order chi connectivity index (χ1) is 7.86. The zero-order valence-corrected chi connectivity index (χ0v) is 9.25. The number of hydrogen-bond donors (Lipinski definition) is 2. The second kappa shape index (κ2) is 3.90. The summed E-state index contributed by atoms with van der Waals surface area (Å²) in [5.74, 6) is 0.0981. The molecule has 1 fully saturated rings. The van der Waals surface area contributed by atoms with Gasteiger partial charge in [0.1, 0.15) is 0 Å². The maximum Gasteiger partial charge on any atom is 0.274 e. The molecule has 5 heteroatoms. The van der Waals surface area contributed by atoms with Crippen LogP contribution in [0.15, 0.2) is 0 Å². The number of nitrogens with zero attached hydrogens (tertiary/aromatic N) is 2. The van der Waals surface area contributed by atoms with Crippen molar-refractivity contribution in [2.45, 2.75) is 32.4 Å². The zero-order valence-electron chi connectivity index (χ0n) is 9.25. The molecule has 86 valence electrons. The van der Waals surface area contributed by atoms with Gasteiger partial charge in [-0.3, -0.25) is 9.89 Å². The fraction of sp³-hybridized carbons (Fsp3) is 0.636. The highest BCUT2D eigenvalue weighted by atomic mass is 16.2. The molecule has 3 heterocycles. The summed E-state index contributed by atoms with van der Waals surface area (Å²) in [6.45, 7) is 3.33. The third kappa shape index (κ3) is 1.51. The van der Waals surface area contributed by atoms with Crippen molar-refractivity contribution in [1.82, 2.24) is 20.4 Å². The Morgan fingerprint density at radius 3 is 2.81 bits per heavy atom. The van der Waals surface area contributed by atoms with Gasteiger partial charge in [-0.25, -0.2) is 0 Å². The summed E-state index contributed by atoms with van der Waals surface area (Å²) in [5, 5.41) is 10.3. The van der Waals surface area contributed by atoms with E-state index in [4.69, 9.17) is 0 Å². The van der Waals surface area contributed by atoms with E-state index >= 15 is 0 Å². The van der Waals surface area contributed by atoms with E-state index in [0.717, 1.165) is 50.3 Å². The molecule has 1 aromatic heterocycles. The van der Waals surface area contributed by atoms with Gasteiger partial charge in [-0.15, -0.1) is 0 Å². The summed E-state index contributed by atoms with van der Waals surface area (Å²) in [7, 11) is 0. The van der Waals surface area contributed by atoms with Crippen LogP contribution in [0.1, 0.15) is 41.0 Å². The van der Waals surface area contributed by atoms with E-state index < -0.39 is 0 Å². The van der Waals surface area contributed by atoms with Crippen LogP contribution in [0.4, 0.5) is 0 Å². The van der Waals surface area contributed by atoms with Crippen molar-refractivity contribution in [3.63, 3.8) is 0 Å². The topological polar surface area (TPSA) is 61.0 Å². The standard InChI is InChI=1S/C11H16N4O/c16-11(15-4-2-1-3-5-15)10-8-6-12-7-9(8)13-14-10/h12H,1-7H2,(H,13,14). The first-order valence-corrected chi connectivity index (χ1v) is 5.92. The number of hydrogen-bond acceptors (Lipinski definition) is 3. The van der Waals surface area contributed by atoms with Crippen LogP contribution < -0.4 is 5.32 Å². The van der Waals surface area contributed by atoms with Gasteiger partial charge in [0.05, 0.1) is 5.69 Å². The highest BCUT2D eigenvalue weighted by molar-refractivity contribution is 5.94. The zero-order chi connectivity index (χ0) is 11.0. The van der Waals surface area contributed by atoms with Gasteiger partial charge in [-0.05, 0) is 19.3 Å². The number of carbonyl (C=O) groups excluding carboxylic acids is 1. The SMILES string of the molecule is O=C(c1n[nH]c2c1CNC2)N1CCCCC1. The summed E-state index contributed by atoms with van der Waals surface area (Å²) >= 11 is 0. The molecule has 2 N–H and O–H groups in total. The van der Waals surface area contributed by atoms with Crippen molar-refractivity contribution in [3.05, 3.63) is 17.0 Å². The summed E-state index contributed by atoms with van der Waals surface area (Å²) in [4.78, 5) is 14.2. The van der Waals surface area contributed by atoms with Gasteiger partial charge in [0, 0.05) is 31.7 Å². The number of nitrogens with one attached hydrogen (secondary N) is 2. The lowest BCUT2D eigenvalue weighted by Gasteiger charge is -2.26. The smallest absolute Gasteiger partial charge is 0.274 e. The van der Waals surface area contributed by atoms with E-state index in [9.17, 15) is 4.79 Å². The highest BCUT2D eigenvalue weighted by Crippen LogP contribution is 2.19. The Balaban J connectivity index is 1.83. The number of H-pyrrole nitrogens is 1. The molecular weight excluding hydrogens is 204 g/mol. The molecule has 0 aromatic carbocycles. The third-order valence-corrected chi connectivity index (χ3v) is 3.40. The number of carbonyl (C=O) groups is 1. The molecule has 1 aromatic rings. The third-order valence-electron chi connectivity index (χ3n) is 3.40. The van der Waals surface area contributed by atoms with Crippen LogP contribution in [0.5, 0.6) is 0 Å². The lowest BCUT2D eigenvalue weighted by molar-refractivity contribution is 0.0717. The van der Waals surface area contributed by atoms with Crippen molar-refractivity contribution in [1.29, 1.82) is 0 Å². The molecule has 0 unspecified atom stereocenters. The van der Waals surface area contributed by atoms with E-state index in [-0.39, 0.29) is 5.91 Å². The van der Waals surface area contributed by atoms with Crippen molar-refractivity contribution in [2.75, 3.05) is 13.1 Å². The lowest BCUT2D eigenvalue weighted by atomic mass is 10.1. The monoisotopic (exact) mass is 220 g/mol. The predicted molar refractivity (Wildman–Crippen MR) is 58.9 cm³/mol. The summed E-state index contributed by atoms with van der Waals surface area (Å²) in [6.07, 6.45) is 3.48. The maximum absolute atomic E-state index is 12.2. The second-order valence-electron chi connectivity index (χ2n) is 4.49. The van der Waals surface area contributed by atoms with E-state index in [2.05, 4.69) is 15.5 Å². The van der Waals surface area contributed by atoms with Gasteiger partial charge in [0.15, 0.2) is 5.69 Å². The maximum atomic E-state index is 12.2. The normalized spacial score (nSPS) is 19.9. The second-order valence-corrected chi connectivity index (χ2v) is 4.49. The quantitative estimate of drug-likeness (QED) is 0.730. The number of amides is 1. The van der Waals surface area contributed by atoms with Crippen LogP contribution in [0.3, 0.4) is 0 Å². The van der Waals surface area contributed by atoms with Crippen molar-refractivity contribution in [2.24, 2.45) is 0 Å². The van der Waals surface area contributed by atoms with E-state index in [1.807, 2.05) is 4.90 Å². The fourth-order valence-electron chi connectivity index (χ4n) is 2.47. The Morgan fingerprint density at radius 1 is 1.19 bits per heavy atom. The number of aromatic amines is 1. The Kier molecular flexibility index (Phi) is 2.40. The largest absolute Gasteiger partial charge is 0.337 e. The van der Waals surface area contributed by atoms with Crippen molar-refractivity contribution in [3.8, 4) is 0 Å². The van der Waals surface area contributed by atoms with Gasteiger partial charge in [-0.2, -0.15) is 5.10 Å². The Hall–Kier alpha value is -1.36. The molecule has 0 saturated carbocycles. The van der Waals surface area contributed by atoms with E-state index in [0.29, 0.717) is 5.69 Å². The highest BCUT2D eigenvalue weighted by Gasteiger charge is 2.26. The first kappa shape index (κ1) is 9.84. The molecule has 2 aliphatic heterocycles. The predicted octanol–water partition coefficient (Wildman–Crippen LogP) is 0.639. The van der Waals surface area contributed by atoms with E-state index in [1.165, 1.54) is 6.42 Å². The molecule has 0 atom stereocenters. The number of likely N-dealkylation sites (tertiary alicyclic amines) is 1. The molecule has 3 rings (SSSR count). The van der Waals surface area contributed by atoms with Crippen LogP contribution >= 0.6 is 0 Å². The Morgan fingerprint density at radius 2 is 2.00 bits per heavy atom. The number of aromatic nitrogens is 2. The molecular formula is C11H16N4O. The fourth-order valence-corrected chi connectivity index (χ4v) is 2.47. The number of piperidine rings is 1. The van der Waals surface area contributed by atoms with Gasteiger partial charge in [-0.1, -0.05) is 0 Å². The van der Waals surface area contributed by atoms with Crippen LogP contribution in [-0.4, -0.2) is 34.1 Å². The van der Waals surface area contributed by atoms with Crippen LogP contribution in [-0.2, 0) is 13.1 Å². The average Bonchev–Trinajstić information content (AvgIpc) is 2.91. The summed E-state index contributed by atoms with van der Waals surface area (Å²) < 4.78 is 0. The molecule has 0 bridgehead atoms. The van der Waals surface area contributed by atoms with Crippen LogP contribution in [0.25, 0.3) is 0 Å². The van der Waals surface area contributed by atoms with Crippen LogP contribution in [0, 0.1) is 0 Å². The molecule has 0 spiro atoms. The Labute approximate surface area is 94.2 Å². The van der Waals surface area contributed by atoms with Gasteiger partial charge in [0.2, 0.25) is 0 Å². The molecule has 2 aliphatic rings. The minimum atomic E-state index is 0.0981. The van der Waals surface area contributed by atoms with Gasteiger partial charge in [0.25, 0.3) is 5.91 Å². The minimum Gasteiger partial charge on any atom is -0.337 e. The molecule has 0 aliphatic carbocycles. The van der Waals surface area contributed by atoms with Crippen LogP contribution in [0.2, 0.25) is 0 Å². The first-order valence-electron chi connectivity index (χ1n) is 5.92. The van der Waals surface area contributed by atoms with Gasteiger partial charge >= 0.3 is 0 Å². The minimum absolute atomic E-state index is 0.0981. The Bertz CT molecular complexity index is 406. The van der Waals surface area contributed by atoms with E-state index in [1.54, 1.807) is 0 Å². The summed E-state index contributed by atoms with van der Waals surface area (Å²) in [5.41, 5.74) is 2.76. The number of rotatable bonds is 1. The lowest BCUT2D eigenvalue weighted by Crippen LogP contribution is -2.36. The molecule has 1 saturated heterocycles. The number of fused-ring (bicyclic) bond motifs is 1. The van der Waals surface area contributed by atoms with Crippen molar-refractivity contribution < 1.29 is 4.79 Å². The molecule has 5 nitrogen and oxygen atoms in total. The van der Waals surface area contributed by atoms with Crippen molar-refractivity contribution >= 4 is 5.91 Å². The summed E-state index contributed by atoms with van der Waals surface area (Å²) in [6, 6.07) is 0. The molecule has 1 amide bonds. The molecule has 16 heavy (non-hydrogen) atoms. The average molecular weight is 220 g/mol. The molecule has 0 radical (unpaired) electrons. The van der Waals surface area contributed by atoms with Gasteiger partial charge < -0.3 is 10.2 Å².